The molecule has 4 rings (SSSR count). The lowest BCUT2D eigenvalue weighted by molar-refractivity contribution is -0.120. The third-order valence-corrected chi connectivity index (χ3v) is 5.63. The Bertz CT molecular complexity index is 964. The smallest absolute Gasteiger partial charge is 0.282 e. The number of ether oxygens (including phenoxy) is 1. The van der Waals surface area contributed by atoms with Crippen LogP contribution in [-0.4, -0.2) is 72.7 Å². The fourth-order valence-corrected chi connectivity index (χ4v) is 4.11. The van der Waals surface area contributed by atoms with Crippen LogP contribution in [0.1, 0.15) is 12.5 Å². The number of imide groups is 1. The Hall–Kier alpha value is -3.16. The summed E-state index contributed by atoms with van der Waals surface area (Å²) >= 11 is 0. The summed E-state index contributed by atoms with van der Waals surface area (Å²) in [6.45, 7) is 5.90. The lowest BCUT2D eigenvalue weighted by Crippen LogP contribution is -2.48. The number of hydrogen-bond acceptors (Lipinski definition) is 6. The molecule has 7 heteroatoms. The van der Waals surface area contributed by atoms with Gasteiger partial charge in [0.1, 0.15) is 11.4 Å². The highest BCUT2D eigenvalue weighted by Gasteiger charge is 2.42. The highest BCUT2D eigenvalue weighted by atomic mass is 16.5. The lowest BCUT2D eigenvalue weighted by Gasteiger charge is -2.36. The second kappa shape index (κ2) is 9.32. The summed E-state index contributed by atoms with van der Waals surface area (Å²) in [5.41, 5.74) is 2.16. The van der Waals surface area contributed by atoms with Crippen LogP contribution in [0.25, 0.3) is 5.57 Å². The van der Waals surface area contributed by atoms with Gasteiger partial charge in [0.25, 0.3) is 11.8 Å². The summed E-state index contributed by atoms with van der Waals surface area (Å²) in [6.07, 6.45) is 0. The number of carbonyl (C=O) groups is 2. The van der Waals surface area contributed by atoms with E-state index in [-0.39, 0.29) is 18.4 Å². The molecule has 0 atom stereocenters. The van der Waals surface area contributed by atoms with Crippen LogP contribution in [0.4, 0.5) is 5.69 Å². The zero-order valence-corrected chi connectivity index (χ0v) is 17.7. The zero-order chi connectivity index (χ0) is 21.8. The maximum Gasteiger partial charge on any atom is 0.282 e. The molecule has 2 aromatic carbocycles. The standard InChI is InChI=1S/C24H27N3O4/c1-2-31-20-10-8-19(9-11-20)27-23(29)21(18-6-4-3-5-7-18)22(24(27)30)26-14-12-25(13-15-26)16-17-28/h3-11,28H,2,12-17H2,1H3. The van der Waals surface area contributed by atoms with Crippen molar-refractivity contribution in [3.05, 3.63) is 65.9 Å². The van der Waals surface area contributed by atoms with Gasteiger partial charge in [0.2, 0.25) is 0 Å². The van der Waals surface area contributed by atoms with Crippen molar-refractivity contribution in [2.45, 2.75) is 6.92 Å². The van der Waals surface area contributed by atoms with E-state index in [1.807, 2.05) is 42.2 Å². The number of amides is 2. The van der Waals surface area contributed by atoms with Crippen molar-refractivity contribution in [2.24, 2.45) is 0 Å². The normalized spacial score (nSPS) is 17.6. The van der Waals surface area contributed by atoms with Gasteiger partial charge in [0, 0.05) is 32.7 Å². The summed E-state index contributed by atoms with van der Waals surface area (Å²) in [7, 11) is 0. The number of piperazine rings is 1. The van der Waals surface area contributed by atoms with Crippen LogP contribution in [0.15, 0.2) is 60.3 Å². The molecule has 0 aliphatic carbocycles. The Morgan fingerprint density at radius 2 is 1.58 bits per heavy atom. The largest absolute Gasteiger partial charge is 0.494 e. The third kappa shape index (κ3) is 4.19. The van der Waals surface area contributed by atoms with E-state index in [4.69, 9.17) is 4.74 Å². The van der Waals surface area contributed by atoms with Gasteiger partial charge >= 0.3 is 0 Å². The van der Waals surface area contributed by atoms with E-state index in [0.29, 0.717) is 48.9 Å². The Labute approximate surface area is 182 Å². The van der Waals surface area contributed by atoms with Crippen LogP contribution in [0.2, 0.25) is 0 Å². The predicted molar refractivity (Wildman–Crippen MR) is 119 cm³/mol. The number of aliphatic hydroxyl groups excluding tert-OH is 1. The summed E-state index contributed by atoms with van der Waals surface area (Å²) in [4.78, 5) is 32.5. The first-order valence-corrected chi connectivity index (χ1v) is 10.6. The second-order valence-corrected chi connectivity index (χ2v) is 7.51. The number of rotatable bonds is 7. The van der Waals surface area contributed by atoms with Gasteiger partial charge in [-0.15, -0.1) is 0 Å². The maximum absolute atomic E-state index is 13.5. The number of aliphatic hydroxyl groups is 1. The number of nitrogens with zero attached hydrogens (tertiary/aromatic N) is 3. The molecule has 162 valence electrons. The van der Waals surface area contributed by atoms with E-state index in [1.54, 1.807) is 24.3 Å². The lowest BCUT2D eigenvalue weighted by atomic mass is 10.0. The van der Waals surface area contributed by atoms with Crippen molar-refractivity contribution < 1.29 is 19.4 Å². The van der Waals surface area contributed by atoms with Gasteiger partial charge < -0.3 is 14.7 Å². The van der Waals surface area contributed by atoms with Crippen LogP contribution in [0.5, 0.6) is 5.75 Å². The molecule has 2 heterocycles. The molecule has 1 saturated heterocycles. The molecule has 1 fully saturated rings. The topological polar surface area (TPSA) is 73.3 Å². The molecule has 0 aromatic heterocycles. The first-order valence-electron chi connectivity index (χ1n) is 10.6. The van der Waals surface area contributed by atoms with E-state index in [2.05, 4.69) is 4.90 Å². The molecule has 1 N–H and O–H groups in total. The van der Waals surface area contributed by atoms with Gasteiger partial charge in [0.15, 0.2) is 0 Å². The molecule has 2 aliphatic heterocycles. The van der Waals surface area contributed by atoms with E-state index < -0.39 is 0 Å². The van der Waals surface area contributed by atoms with Gasteiger partial charge in [-0.1, -0.05) is 30.3 Å². The number of hydrogen-bond donors (Lipinski definition) is 1. The first-order chi connectivity index (χ1) is 15.1. The maximum atomic E-state index is 13.5. The van der Waals surface area contributed by atoms with Gasteiger partial charge in [-0.05, 0) is 36.8 Å². The average Bonchev–Trinajstić information content (AvgIpc) is 3.06. The van der Waals surface area contributed by atoms with Crippen molar-refractivity contribution in [3.8, 4) is 5.75 Å². The van der Waals surface area contributed by atoms with Crippen molar-refractivity contribution in [3.63, 3.8) is 0 Å². The second-order valence-electron chi connectivity index (χ2n) is 7.51. The van der Waals surface area contributed by atoms with Gasteiger partial charge in [-0.25, -0.2) is 4.90 Å². The van der Waals surface area contributed by atoms with Gasteiger partial charge in [-0.2, -0.15) is 0 Å². The van der Waals surface area contributed by atoms with Gasteiger partial charge in [0.05, 0.1) is 24.5 Å². The molecule has 0 unspecified atom stereocenters. The van der Waals surface area contributed by atoms with Crippen molar-refractivity contribution >= 4 is 23.1 Å². The Morgan fingerprint density at radius 1 is 0.903 bits per heavy atom. The van der Waals surface area contributed by atoms with Crippen molar-refractivity contribution in [1.82, 2.24) is 9.80 Å². The fourth-order valence-electron chi connectivity index (χ4n) is 4.11. The third-order valence-electron chi connectivity index (χ3n) is 5.63. The van der Waals surface area contributed by atoms with Crippen molar-refractivity contribution in [2.75, 3.05) is 50.8 Å². The van der Waals surface area contributed by atoms with E-state index in [0.717, 1.165) is 18.7 Å². The van der Waals surface area contributed by atoms with Crippen LogP contribution in [0.3, 0.4) is 0 Å². The van der Waals surface area contributed by atoms with Crippen LogP contribution < -0.4 is 9.64 Å². The van der Waals surface area contributed by atoms with E-state index in [1.165, 1.54) is 4.90 Å². The molecular formula is C24H27N3O4. The Balaban J connectivity index is 1.68. The molecule has 2 aromatic rings. The Morgan fingerprint density at radius 3 is 2.19 bits per heavy atom. The number of anilines is 1. The summed E-state index contributed by atoms with van der Waals surface area (Å²) in [6, 6.07) is 16.4. The first kappa shape index (κ1) is 21.1. The molecule has 0 saturated carbocycles. The predicted octanol–water partition coefficient (Wildman–Crippen LogP) is 1.98. The summed E-state index contributed by atoms with van der Waals surface area (Å²) in [5.74, 6) is 0.0820. The molecule has 0 bridgehead atoms. The number of benzene rings is 2. The minimum atomic E-state index is -0.312. The highest BCUT2D eigenvalue weighted by Crippen LogP contribution is 2.35. The number of carbonyl (C=O) groups excluding carboxylic acids is 2. The SMILES string of the molecule is CCOc1ccc(N2C(=O)C(c3ccccc3)=C(N3CCN(CCO)CC3)C2=O)cc1. The fraction of sp³-hybridized carbons (Fsp3) is 0.333. The summed E-state index contributed by atoms with van der Waals surface area (Å²) in [5, 5.41) is 9.20. The zero-order valence-electron chi connectivity index (χ0n) is 17.7. The monoisotopic (exact) mass is 421 g/mol. The highest BCUT2D eigenvalue weighted by molar-refractivity contribution is 6.45. The van der Waals surface area contributed by atoms with Gasteiger partial charge in [-0.3, -0.25) is 14.5 Å². The minimum Gasteiger partial charge on any atom is -0.494 e. The molecule has 0 radical (unpaired) electrons. The molecule has 2 aliphatic rings. The van der Waals surface area contributed by atoms with E-state index >= 15 is 0 Å². The Kier molecular flexibility index (Phi) is 6.34. The van der Waals surface area contributed by atoms with Crippen LogP contribution in [-0.2, 0) is 9.59 Å². The molecular weight excluding hydrogens is 394 g/mol. The van der Waals surface area contributed by atoms with Crippen molar-refractivity contribution in [1.29, 1.82) is 0 Å². The van der Waals surface area contributed by atoms with E-state index in [9.17, 15) is 14.7 Å². The number of β-amino-alcohol motifs (C(OH)–C–C–N with tert-alkyl or cyclic N) is 1. The van der Waals surface area contributed by atoms with Crippen LogP contribution in [0, 0.1) is 0 Å². The molecule has 7 nitrogen and oxygen atoms in total. The molecule has 0 spiro atoms. The molecule has 2 amide bonds. The quantitative estimate of drug-likeness (QED) is 0.690. The molecule has 31 heavy (non-hydrogen) atoms. The van der Waals surface area contributed by atoms with Crippen LogP contribution >= 0.6 is 0 Å². The minimum absolute atomic E-state index is 0.112. The average molecular weight is 421 g/mol. The summed E-state index contributed by atoms with van der Waals surface area (Å²) < 4.78 is 5.48.